The van der Waals surface area contributed by atoms with Gasteiger partial charge in [-0.3, -0.25) is 14.2 Å². The van der Waals surface area contributed by atoms with Gasteiger partial charge in [0.25, 0.3) is 5.56 Å². The molecular weight excluding hydrogens is 410 g/mol. The molecule has 164 valence electrons. The molecule has 0 spiro atoms. The van der Waals surface area contributed by atoms with Crippen LogP contribution in [0, 0.1) is 13.8 Å². The third-order valence-electron chi connectivity index (χ3n) is 5.08. The molecule has 0 aliphatic carbocycles. The van der Waals surface area contributed by atoms with Gasteiger partial charge in [0.1, 0.15) is 0 Å². The van der Waals surface area contributed by atoms with E-state index in [-0.39, 0.29) is 11.5 Å². The lowest BCUT2D eigenvalue weighted by Crippen LogP contribution is -2.27. The molecule has 1 heterocycles. The lowest BCUT2D eigenvalue weighted by molar-refractivity contribution is -0.115. The van der Waals surface area contributed by atoms with Crippen LogP contribution in [0.2, 0.25) is 0 Å². The van der Waals surface area contributed by atoms with Gasteiger partial charge in [-0.2, -0.15) is 0 Å². The number of carbonyl (C=O) groups excluding carboxylic acids is 1. The number of hydrogen-bond donors (Lipinski definition) is 1. The summed E-state index contributed by atoms with van der Waals surface area (Å²) in [5, 5.41) is 3.73. The molecule has 3 aromatic rings. The average molecular weight is 440 g/mol. The molecule has 6 nitrogen and oxygen atoms in total. The van der Waals surface area contributed by atoms with E-state index < -0.39 is 5.25 Å². The number of aromatic nitrogens is 2. The number of nitrogens with zero attached hydrogens (tertiary/aromatic N) is 2. The van der Waals surface area contributed by atoms with Crippen LogP contribution in [0.25, 0.3) is 10.9 Å². The molecular formula is C24H29N3O3S. The molecule has 0 aliphatic rings. The molecule has 0 bridgehead atoms. The first kappa shape index (κ1) is 23.0. The Hall–Kier alpha value is -2.64. The Labute approximate surface area is 187 Å². The summed E-state index contributed by atoms with van der Waals surface area (Å²) in [5.41, 5.74) is 3.41. The van der Waals surface area contributed by atoms with Crippen LogP contribution in [0.4, 0.5) is 5.69 Å². The number of carbonyl (C=O) groups is 1. The number of aryl methyl sites for hydroxylation is 2. The van der Waals surface area contributed by atoms with E-state index in [1.165, 1.54) is 11.8 Å². The van der Waals surface area contributed by atoms with Crippen molar-refractivity contribution in [1.82, 2.24) is 9.55 Å². The molecule has 7 heteroatoms. The number of anilines is 1. The molecule has 0 fully saturated rings. The van der Waals surface area contributed by atoms with Crippen molar-refractivity contribution < 1.29 is 9.53 Å². The van der Waals surface area contributed by atoms with Crippen LogP contribution in [0.1, 0.15) is 31.4 Å². The molecule has 0 radical (unpaired) electrons. The first-order chi connectivity index (χ1) is 14.9. The fourth-order valence-electron chi connectivity index (χ4n) is 3.35. The molecule has 3 rings (SSSR count). The summed E-state index contributed by atoms with van der Waals surface area (Å²) < 4.78 is 7.09. The van der Waals surface area contributed by atoms with Gasteiger partial charge in [-0.1, -0.05) is 42.1 Å². The van der Waals surface area contributed by atoms with E-state index in [9.17, 15) is 9.59 Å². The number of ether oxygens (including phenoxy) is 1. The average Bonchev–Trinajstić information content (AvgIpc) is 2.75. The van der Waals surface area contributed by atoms with Gasteiger partial charge < -0.3 is 10.1 Å². The van der Waals surface area contributed by atoms with Crippen LogP contribution in [0.3, 0.4) is 0 Å². The monoisotopic (exact) mass is 439 g/mol. The number of thioether (sulfide) groups is 1. The lowest BCUT2D eigenvalue weighted by atomic mass is 10.1. The minimum absolute atomic E-state index is 0.0908. The van der Waals surface area contributed by atoms with Gasteiger partial charge in [-0.05, 0) is 57.4 Å². The fourth-order valence-corrected chi connectivity index (χ4v) is 4.29. The zero-order valence-corrected chi connectivity index (χ0v) is 19.3. The van der Waals surface area contributed by atoms with Gasteiger partial charge in [0.05, 0.1) is 16.2 Å². The normalized spacial score (nSPS) is 12.1. The summed E-state index contributed by atoms with van der Waals surface area (Å²) in [5.74, 6) is -0.120. The second-order valence-electron chi connectivity index (χ2n) is 7.43. The summed E-state index contributed by atoms with van der Waals surface area (Å²) in [6, 6.07) is 13.2. The van der Waals surface area contributed by atoms with Crippen molar-refractivity contribution in [2.24, 2.45) is 0 Å². The Balaban J connectivity index is 1.86. The number of amides is 1. The summed E-state index contributed by atoms with van der Waals surface area (Å²) in [7, 11) is 0. The largest absolute Gasteiger partial charge is 0.382 e. The highest BCUT2D eigenvalue weighted by atomic mass is 32.2. The van der Waals surface area contributed by atoms with E-state index in [1.807, 2.05) is 64.1 Å². The third-order valence-corrected chi connectivity index (χ3v) is 6.17. The van der Waals surface area contributed by atoms with Crippen molar-refractivity contribution in [3.05, 3.63) is 63.9 Å². The van der Waals surface area contributed by atoms with E-state index in [2.05, 4.69) is 5.32 Å². The van der Waals surface area contributed by atoms with Crippen molar-refractivity contribution in [2.45, 2.75) is 51.1 Å². The first-order valence-corrected chi connectivity index (χ1v) is 11.4. The van der Waals surface area contributed by atoms with E-state index in [4.69, 9.17) is 9.72 Å². The van der Waals surface area contributed by atoms with Crippen LogP contribution in [-0.2, 0) is 16.1 Å². The van der Waals surface area contributed by atoms with Gasteiger partial charge in [0.2, 0.25) is 5.91 Å². The Bertz CT molecular complexity index is 1110. The van der Waals surface area contributed by atoms with Crippen molar-refractivity contribution in [3.63, 3.8) is 0 Å². The highest BCUT2D eigenvalue weighted by molar-refractivity contribution is 8.00. The molecule has 1 N–H and O–H groups in total. The van der Waals surface area contributed by atoms with Gasteiger partial charge in [-0.25, -0.2) is 4.98 Å². The van der Waals surface area contributed by atoms with Crippen LogP contribution >= 0.6 is 11.8 Å². The molecule has 0 saturated carbocycles. The minimum atomic E-state index is -0.426. The summed E-state index contributed by atoms with van der Waals surface area (Å²) in [6.07, 6.45) is 0.699. The van der Waals surface area contributed by atoms with E-state index in [0.717, 1.165) is 16.8 Å². The second-order valence-corrected chi connectivity index (χ2v) is 8.74. The predicted molar refractivity (Wildman–Crippen MR) is 127 cm³/mol. The molecule has 1 atom stereocenters. The molecule has 1 aromatic heterocycles. The maximum atomic E-state index is 13.1. The van der Waals surface area contributed by atoms with E-state index >= 15 is 0 Å². The number of benzene rings is 2. The summed E-state index contributed by atoms with van der Waals surface area (Å²) >= 11 is 1.30. The quantitative estimate of drug-likeness (QED) is 0.301. The minimum Gasteiger partial charge on any atom is -0.382 e. The van der Waals surface area contributed by atoms with Crippen LogP contribution < -0.4 is 10.9 Å². The van der Waals surface area contributed by atoms with Crippen LogP contribution in [0.15, 0.2) is 52.4 Å². The first-order valence-electron chi connectivity index (χ1n) is 10.5. The summed E-state index contributed by atoms with van der Waals surface area (Å²) in [6.45, 7) is 9.43. The van der Waals surface area contributed by atoms with Crippen molar-refractivity contribution in [1.29, 1.82) is 0 Å². The Kier molecular flexibility index (Phi) is 7.87. The van der Waals surface area contributed by atoms with E-state index in [0.29, 0.717) is 42.2 Å². The van der Waals surface area contributed by atoms with Gasteiger partial charge in [0.15, 0.2) is 5.16 Å². The molecule has 0 unspecified atom stereocenters. The second kappa shape index (κ2) is 10.6. The van der Waals surface area contributed by atoms with Crippen molar-refractivity contribution in [3.8, 4) is 0 Å². The maximum absolute atomic E-state index is 13.1. The number of fused-ring (bicyclic) bond motifs is 1. The lowest BCUT2D eigenvalue weighted by Gasteiger charge is -2.18. The topological polar surface area (TPSA) is 73.2 Å². The smallest absolute Gasteiger partial charge is 0.262 e. The standard InChI is InChI=1S/C24H29N3O3S/c1-5-30-15-9-14-27-23(29)19-12-6-7-13-20(19)25-24(27)31-18(4)22(28)26-21-16(2)10-8-11-17(21)3/h6-8,10-13,18H,5,9,14-15H2,1-4H3,(H,26,28)/t18-/m0/s1. The number of rotatable bonds is 9. The number of nitrogens with one attached hydrogen (secondary N) is 1. The zero-order chi connectivity index (χ0) is 22.4. The zero-order valence-electron chi connectivity index (χ0n) is 18.5. The van der Waals surface area contributed by atoms with Crippen molar-refractivity contribution >= 4 is 34.3 Å². The molecule has 2 aromatic carbocycles. The predicted octanol–water partition coefficient (Wildman–Crippen LogP) is 4.56. The summed E-state index contributed by atoms with van der Waals surface area (Å²) in [4.78, 5) is 30.7. The maximum Gasteiger partial charge on any atom is 0.262 e. The fraction of sp³-hybridized carbons (Fsp3) is 0.375. The van der Waals surface area contributed by atoms with Gasteiger partial charge in [-0.15, -0.1) is 0 Å². The molecule has 1 amide bonds. The number of hydrogen-bond acceptors (Lipinski definition) is 5. The Morgan fingerprint density at radius 1 is 1.16 bits per heavy atom. The van der Waals surface area contributed by atoms with Crippen LogP contribution in [0.5, 0.6) is 0 Å². The molecule has 0 aliphatic heterocycles. The highest BCUT2D eigenvalue weighted by Crippen LogP contribution is 2.25. The Morgan fingerprint density at radius 3 is 2.58 bits per heavy atom. The Morgan fingerprint density at radius 2 is 1.87 bits per heavy atom. The van der Waals surface area contributed by atoms with Gasteiger partial charge >= 0.3 is 0 Å². The SMILES string of the molecule is CCOCCCn1c(S[C@@H](C)C(=O)Nc2c(C)cccc2C)nc2ccccc2c1=O. The van der Waals surface area contributed by atoms with Crippen molar-refractivity contribution in [2.75, 3.05) is 18.5 Å². The molecule has 0 saturated heterocycles. The number of para-hydroxylation sites is 2. The van der Waals surface area contributed by atoms with Crippen LogP contribution in [-0.4, -0.2) is 33.9 Å². The molecule has 31 heavy (non-hydrogen) atoms. The van der Waals surface area contributed by atoms with Gasteiger partial charge in [0, 0.05) is 25.4 Å². The highest BCUT2D eigenvalue weighted by Gasteiger charge is 2.20. The third kappa shape index (κ3) is 5.54. The van der Waals surface area contributed by atoms with E-state index in [1.54, 1.807) is 10.6 Å².